The van der Waals surface area contributed by atoms with Crippen molar-refractivity contribution in [3.8, 4) is 0 Å². The highest BCUT2D eigenvalue weighted by Gasteiger charge is 2.22. The maximum absolute atomic E-state index is 10.6. The lowest BCUT2D eigenvalue weighted by molar-refractivity contribution is -0.0145. The molecule has 1 fully saturated rings. The zero-order valence-corrected chi connectivity index (χ0v) is 16.2. The van der Waals surface area contributed by atoms with E-state index >= 15 is 0 Å². The molecular weight excluding hydrogens is 356 g/mol. The number of carboxylic acid groups (broad SMARTS) is 1. The van der Waals surface area contributed by atoms with Crippen LogP contribution in [0.15, 0.2) is 0 Å². The molecule has 1 saturated carbocycles. The molecule has 1 aliphatic carbocycles. The van der Waals surface area contributed by atoms with Gasteiger partial charge >= 0.3 is 6.09 Å². The van der Waals surface area contributed by atoms with Gasteiger partial charge in [0, 0.05) is 19.2 Å². The molecule has 0 spiro atoms. The molecule has 9 nitrogen and oxygen atoms in total. The van der Waals surface area contributed by atoms with Crippen LogP contribution in [0.4, 0.5) is 4.79 Å². The Kier molecular flexibility index (Phi) is 15.3. The number of amides is 1. The Morgan fingerprint density at radius 3 is 1.67 bits per heavy atom. The number of ether oxygens (including phenoxy) is 5. The van der Waals surface area contributed by atoms with Gasteiger partial charge < -0.3 is 39.8 Å². The minimum absolute atomic E-state index is 0.0944. The van der Waals surface area contributed by atoms with Crippen LogP contribution in [0.1, 0.15) is 25.7 Å². The largest absolute Gasteiger partial charge is 0.465 e. The van der Waals surface area contributed by atoms with E-state index in [0.29, 0.717) is 78.5 Å². The quantitative estimate of drug-likeness (QED) is 0.312. The zero-order chi connectivity index (χ0) is 19.6. The molecule has 0 aromatic carbocycles. The summed E-state index contributed by atoms with van der Waals surface area (Å²) in [6.07, 6.45) is 2.84. The van der Waals surface area contributed by atoms with Crippen molar-refractivity contribution in [2.45, 2.75) is 31.7 Å². The van der Waals surface area contributed by atoms with Crippen LogP contribution in [0.25, 0.3) is 0 Å². The summed E-state index contributed by atoms with van der Waals surface area (Å²) in [6, 6.07) is 0.0944. The first-order chi connectivity index (χ1) is 13.2. The summed E-state index contributed by atoms with van der Waals surface area (Å²) < 4.78 is 27.0. The maximum atomic E-state index is 10.6. The molecule has 9 heteroatoms. The van der Waals surface area contributed by atoms with Gasteiger partial charge in [-0.15, -0.1) is 0 Å². The van der Waals surface area contributed by atoms with E-state index in [0.717, 1.165) is 25.7 Å². The maximum Gasteiger partial charge on any atom is 0.404 e. The van der Waals surface area contributed by atoms with Crippen molar-refractivity contribution in [3.63, 3.8) is 0 Å². The third-order valence-corrected chi connectivity index (χ3v) is 4.28. The molecule has 27 heavy (non-hydrogen) atoms. The topological polar surface area (TPSA) is 122 Å². The van der Waals surface area contributed by atoms with Gasteiger partial charge in [0.05, 0.1) is 59.5 Å². The molecule has 0 atom stereocenters. The van der Waals surface area contributed by atoms with E-state index in [1.165, 1.54) is 0 Å². The standard InChI is InChI=1S/C18H36N2O7/c19-5-6-23-7-8-24-9-10-25-11-12-26-13-14-27-15-16-1-3-17(4-2-16)20-18(21)22/h16-17,20H,1-15,19H2,(H,21,22). The summed E-state index contributed by atoms with van der Waals surface area (Å²) in [6.45, 7) is 6.18. The third-order valence-electron chi connectivity index (χ3n) is 4.28. The molecule has 1 aliphatic rings. The summed E-state index contributed by atoms with van der Waals surface area (Å²) in [4.78, 5) is 10.6. The number of carbonyl (C=O) groups is 1. The van der Waals surface area contributed by atoms with Gasteiger partial charge in [0.15, 0.2) is 0 Å². The molecule has 0 bridgehead atoms. The third kappa shape index (κ3) is 14.7. The van der Waals surface area contributed by atoms with Crippen molar-refractivity contribution in [2.75, 3.05) is 72.6 Å². The summed E-state index contributed by atoms with van der Waals surface area (Å²) in [5.74, 6) is 0.515. The Hall–Kier alpha value is -0.970. The van der Waals surface area contributed by atoms with Crippen LogP contribution in [-0.2, 0) is 23.7 Å². The fourth-order valence-corrected chi connectivity index (χ4v) is 2.86. The second-order valence-electron chi connectivity index (χ2n) is 6.48. The van der Waals surface area contributed by atoms with Gasteiger partial charge in [-0.3, -0.25) is 0 Å². The highest BCUT2D eigenvalue weighted by molar-refractivity contribution is 5.64. The molecule has 0 aliphatic heterocycles. The molecule has 1 rings (SSSR count). The van der Waals surface area contributed by atoms with Crippen molar-refractivity contribution in [1.82, 2.24) is 5.32 Å². The van der Waals surface area contributed by atoms with Crippen molar-refractivity contribution in [2.24, 2.45) is 11.7 Å². The normalized spacial score (nSPS) is 19.9. The summed E-state index contributed by atoms with van der Waals surface area (Å²) in [5, 5.41) is 11.3. The van der Waals surface area contributed by atoms with Crippen LogP contribution in [0.3, 0.4) is 0 Å². The Labute approximate surface area is 161 Å². The Balaban J connectivity index is 1.75. The van der Waals surface area contributed by atoms with E-state index in [9.17, 15) is 4.79 Å². The van der Waals surface area contributed by atoms with Gasteiger partial charge in [-0.2, -0.15) is 0 Å². The first-order valence-corrected chi connectivity index (χ1v) is 9.80. The van der Waals surface area contributed by atoms with E-state index in [2.05, 4.69) is 5.32 Å². The van der Waals surface area contributed by atoms with E-state index in [4.69, 9.17) is 34.5 Å². The fourth-order valence-electron chi connectivity index (χ4n) is 2.86. The average molecular weight is 392 g/mol. The van der Waals surface area contributed by atoms with Crippen molar-refractivity contribution in [1.29, 1.82) is 0 Å². The molecule has 1 amide bonds. The van der Waals surface area contributed by atoms with E-state index < -0.39 is 6.09 Å². The monoisotopic (exact) mass is 392 g/mol. The summed E-state index contributed by atoms with van der Waals surface area (Å²) >= 11 is 0. The van der Waals surface area contributed by atoms with Gasteiger partial charge in [-0.1, -0.05) is 0 Å². The number of hydrogen-bond acceptors (Lipinski definition) is 7. The Morgan fingerprint density at radius 1 is 0.778 bits per heavy atom. The molecular formula is C18H36N2O7. The number of hydrogen-bond donors (Lipinski definition) is 3. The molecule has 4 N–H and O–H groups in total. The van der Waals surface area contributed by atoms with Crippen LogP contribution in [0.5, 0.6) is 0 Å². The minimum Gasteiger partial charge on any atom is -0.465 e. The second-order valence-corrected chi connectivity index (χ2v) is 6.48. The van der Waals surface area contributed by atoms with Crippen LogP contribution >= 0.6 is 0 Å². The lowest BCUT2D eigenvalue weighted by Crippen LogP contribution is -2.37. The first kappa shape index (κ1) is 24.1. The van der Waals surface area contributed by atoms with Crippen LogP contribution < -0.4 is 11.1 Å². The van der Waals surface area contributed by atoms with Crippen LogP contribution in [-0.4, -0.2) is 89.9 Å². The molecule has 0 aromatic heterocycles. The van der Waals surface area contributed by atoms with Gasteiger partial charge in [-0.25, -0.2) is 4.79 Å². The van der Waals surface area contributed by atoms with Crippen LogP contribution in [0, 0.1) is 5.92 Å². The smallest absolute Gasteiger partial charge is 0.404 e. The van der Waals surface area contributed by atoms with Crippen molar-refractivity contribution in [3.05, 3.63) is 0 Å². The van der Waals surface area contributed by atoms with E-state index in [-0.39, 0.29) is 6.04 Å². The molecule has 0 unspecified atom stereocenters. The van der Waals surface area contributed by atoms with E-state index in [1.54, 1.807) is 0 Å². The summed E-state index contributed by atoms with van der Waals surface area (Å²) in [7, 11) is 0. The molecule has 0 aromatic rings. The average Bonchev–Trinajstić information content (AvgIpc) is 2.66. The predicted molar refractivity (Wildman–Crippen MR) is 100 cm³/mol. The molecule has 0 heterocycles. The molecule has 160 valence electrons. The lowest BCUT2D eigenvalue weighted by Gasteiger charge is -2.28. The van der Waals surface area contributed by atoms with Gasteiger partial charge in [-0.05, 0) is 31.6 Å². The fraction of sp³-hybridized carbons (Fsp3) is 0.944. The highest BCUT2D eigenvalue weighted by Crippen LogP contribution is 2.24. The molecule has 0 saturated heterocycles. The number of rotatable bonds is 17. The minimum atomic E-state index is -0.934. The Bertz CT molecular complexity index is 353. The lowest BCUT2D eigenvalue weighted by atomic mass is 9.86. The van der Waals surface area contributed by atoms with Crippen molar-refractivity contribution < 1.29 is 33.6 Å². The van der Waals surface area contributed by atoms with E-state index in [1.807, 2.05) is 0 Å². The second kappa shape index (κ2) is 17.2. The predicted octanol–water partition coefficient (Wildman–Crippen LogP) is 0.855. The van der Waals surface area contributed by atoms with Crippen LogP contribution in [0.2, 0.25) is 0 Å². The van der Waals surface area contributed by atoms with Gasteiger partial charge in [0.1, 0.15) is 0 Å². The Morgan fingerprint density at radius 2 is 1.22 bits per heavy atom. The highest BCUT2D eigenvalue weighted by atomic mass is 16.6. The number of nitrogens with two attached hydrogens (primary N) is 1. The first-order valence-electron chi connectivity index (χ1n) is 9.80. The zero-order valence-electron chi connectivity index (χ0n) is 16.2. The number of nitrogens with one attached hydrogen (secondary N) is 1. The van der Waals surface area contributed by atoms with Crippen molar-refractivity contribution >= 4 is 6.09 Å². The molecule has 0 radical (unpaired) electrons. The van der Waals surface area contributed by atoms with Gasteiger partial charge in [0.2, 0.25) is 0 Å². The van der Waals surface area contributed by atoms with Gasteiger partial charge in [0.25, 0.3) is 0 Å². The summed E-state index contributed by atoms with van der Waals surface area (Å²) in [5.41, 5.74) is 5.30. The SMILES string of the molecule is NCCOCCOCCOCCOCCOCC1CCC(NC(=O)O)CC1.